The molecule has 0 radical (unpaired) electrons. The summed E-state index contributed by atoms with van der Waals surface area (Å²) in [6.45, 7) is 6.51. The van der Waals surface area contributed by atoms with Gasteiger partial charge in [-0.2, -0.15) is 0 Å². The Balaban J connectivity index is 4.51. The average Bonchev–Trinajstić information content (AvgIpc) is 3.30. The number of rotatable bonds is 48. The van der Waals surface area contributed by atoms with E-state index in [4.69, 9.17) is 14.2 Å². The van der Waals surface area contributed by atoms with E-state index >= 15 is 0 Å². The van der Waals surface area contributed by atoms with Gasteiger partial charge in [0.05, 0.1) is 0 Å². The van der Waals surface area contributed by atoms with Crippen LogP contribution in [0.3, 0.4) is 0 Å². The van der Waals surface area contributed by atoms with Crippen molar-refractivity contribution >= 4 is 17.9 Å². The first-order valence-electron chi connectivity index (χ1n) is 27.1. The number of unbranched alkanes of at least 4 members (excludes halogenated alkanes) is 23. The first kappa shape index (κ1) is 61.6. The van der Waals surface area contributed by atoms with E-state index in [0.717, 1.165) is 103 Å². The maximum absolute atomic E-state index is 12.8. The van der Waals surface area contributed by atoms with Crippen molar-refractivity contribution in [2.45, 2.75) is 258 Å². The smallest absolute Gasteiger partial charge is 0.306 e. The van der Waals surface area contributed by atoms with Crippen molar-refractivity contribution in [1.82, 2.24) is 0 Å². The van der Waals surface area contributed by atoms with Crippen LogP contribution >= 0.6 is 0 Å². The monoisotopic (exact) mass is 905 g/mol. The van der Waals surface area contributed by atoms with Gasteiger partial charge in [0.25, 0.3) is 0 Å². The van der Waals surface area contributed by atoms with Gasteiger partial charge >= 0.3 is 17.9 Å². The summed E-state index contributed by atoms with van der Waals surface area (Å²) in [6.07, 6.45) is 68.5. The largest absolute Gasteiger partial charge is 0.462 e. The van der Waals surface area contributed by atoms with E-state index in [-0.39, 0.29) is 37.5 Å². The van der Waals surface area contributed by atoms with Crippen LogP contribution in [-0.4, -0.2) is 37.2 Å². The van der Waals surface area contributed by atoms with E-state index < -0.39 is 6.10 Å². The third-order valence-electron chi connectivity index (χ3n) is 11.3. The van der Waals surface area contributed by atoms with Gasteiger partial charge in [-0.25, -0.2) is 0 Å². The van der Waals surface area contributed by atoms with Crippen molar-refractivity contribution in [2.75, 3.05) is 13.2 Å². The molecular formula is C59H100O6. The lowest BCUT2D eigenvalue weighted by Gasteiger charge is -2.18. The number of esters is 3. The maximum Gasteiger partial charge on any atom is 0.306 e. The van der Waals surface area contributed by atoms with Gasteiger partial charge in [-0.15, -0.1) is 0 Å². The van der Waals surface area contributed by atoms with Crippen molar-refractivity contribution in [3.63, 3.8) is 0 Å². The molecule has 0 saturated carbocycles. The van der Waals surface area contributed by atoms with Crippen LogP contribution < -0.4 is 0 Å². The molecule has 0 aromatic heterocycles. The zero-order chi connectivity index (χ0) is 47.2. The van der Waals surface area contributed by atoms with Gasteiger partial charge in [0.15, 0.2) is 6.10 Å². The summed E-state index contributed by atoms with van der Waals surface area (Å²) < 4.78 is 16.8. The molecule has 1 atom stereocenters. The minimum atomic E-state index is -0.809. The highest BCUT2D eigenvalue weighted by atomic mass is 16.6. The second-order valence-electron chi connectivity index (χ2n) is 17.8. The van der Waals surface area contributed by atoms with Gasteiger partial charge < -0.3 is 14.2 Å². The standard InChI is InChI=1S/C59H100O6/c1-4-7-10-13-16-19-22-25-28-29-32-34-37-40-43-46-49-52-58(61)64-55-56(65-59(62)53-50-47-44-41-38-35-31-27-24-21-18-15-12-9-6-3)54-63-57(60)51-48-45-42-39-36-33-30-26-23-20-17-14-11-8-5-2/h16-17,19-20,25-28,30-32,34,40,43,56H,4-15,18,21-24,29,33,35-39,41-42,44-55H2,1-3H3/b19-16-,20-17-,28-25-,30-26-,31-27-,34-32-,43-40-/t56-/m0/s1. The Bertz CT molecular complexity index is 1270. The highest BCUT2D eigenvalue weighted by Gasteiger charge is 2.19. The van der Waals surface area contributed by atoms with Gasteiger partial charge in [0.1, 0.15) is 13.2 Å². The maximum atomic E-state index is 12.8. The van der Waals surface area contributed by atoms with Crippen molar-refractivity contribution in [1.29, 1.82) is 0 Å². The van der Waals surface area contributed by atoms with Gasteiger partial charge in [-0.05, 0) is 116 Å². The fourth-order valence-electron chi connectivity index (χ4n) is 7.22. The topological polar surface area (TPSA) is 78.9 Å². The number of hydrogen-bond acceptors (Lipinski definition) is 6. The first-order valence-corrected chi connectivity index (χ1v) is 27.1. The molecule has 6 nitrogen and oxygen atoms in total. The summed E-state index contributed by atoms with van der Waals surface area (Å²) in [7, 11) is 0. The van der Waals surface area contributed by atoms with E-state index in [1.54, 1.807) is 0 Å². The third-order valence-corrected chi connectivity index (χ3v) is 11.3. The Morgan fingerprint density at radius 1 is 0.308 bits per heavy atom. The molecule has 65 heavy (non-hydrogen) atoms. The van der Waals surface area contributed by atoms with Crippen molar-refractivity contribution in [2.24, 2.45) is 0 Å². The zero-order valence-electron chi connectivity index (χ0n) is 42.5. The minimum Gasteiger partial charge on any atom is -0.462 e. The van der Waals surface area contributed by atoms with Crippen molar-refractivity contribution < 1.29 is 28.6 Å². The quantitative estimate of drug-likeness (QED) is 0.0262. The molecule has 0 aliphatic heterocycles. The highest BCUT2D eigenvalue weighted by molar-refractivity contribution is 5.71. The average molecular weight is 905 g/mol. The van der Waals surface area contributed by atoms with Crippen LogP contribution in [0, 0.1) is 0 Å². The summed E-state index contributed by atoms with van der Waals surface area (Å²) in [4.78, 5) is 38.0. The number of carbonyl (C=O) groups is 3. The van der Waals surface area contributed by atoms with Crippen LogP contribution in [0.5, 0.6) is 0 Å². The molecule has 0 aliphatic rings. The molecule has 0 aliphatic carbocycles. The molecule has 0 aromatic rings. The lowest BCUT2D eigenvalue weighted by atomic mass is 10.1. The third kappa shape index (κ3) is 51.4. The Morgan fingerprint density at radius 3 is 0.969 bits per heavy atom. The molecule has 0 unspecified atom stereocenters. The molecule has 0 saturated heterocycles. The van der Waals surface area contributed by atoms with Crippen LogP contribution in [0.1, 0.15) is 252 Å². The fourth-order valence-corrected chi connectivity index (χ4v) is 7.22. The molecule has 0 aromatic carbocycles. The number of carbonyl (C=O) groups excluding carboxylic acids is 3. The molecule has 0 bridgehead atoms. The van der Waals surface area contributed by atoms with E-state index in [2.05, 4.69) is 106 Å². The molecule has 0 heterocycles. The van der Waals surface area contributed by atoms with Crippen molar-refractivity contribution in [3.05, 3.63) is 85.1 Å². The second kappa shape index (κ2) is 53.2. The summed E-state index contributed by atoms with van der Waals surface area (Å²) >= 11 is 0. The fraction of sp³-hybridized carbons (Fsp3) is 0.712. The SMILES string of the molecule is CCCCC/C=C\C/C=C\C/C=C\C/C=C\CCCC(=O)OC[C@H](COC(=O)CCCCCCC/C=C\C/C=C\CCCCC)OC(=O)CCCCCCC/C=C\CCCCCCCC. The molecule has 0 rings (SSSR count). The van der Waals surface area contributed by atoms with Crippen LogP contribution in [0.4, 0.5) is 0 Å². The van der Waals surface area contributed by atoms with Crippen LogP contribution in [0.15, 0.2) is 85.1 Å². The lowest BCUT2D eigenvalue weighted by molar-refractivity contribution is -0.167. The predicted octanol–water partition coefficient (Wildman–Crippen LogP) is 18.0. The number of ether oxygens (including phenoxy) is 3. The Morgan fingerprint density at radius 2 is 0.569 bits per heavy atom. The minimum absolute atomic E-state index is 0.104. The Kier molecular flexibility index (Phi) is 50.4. The summed E-state index contributed by atoms with van der Waals surface area (Å²) in [5.74, 6) is -0.982. The van der Waals surface area contributed by atoms with E-state index in [1.807, 2.05) is 0 Å². The van der Waals surface area contributed by atoms with Crippen LogP contribution in [0.25, 0.3) is 0 Å². The Labute approximate surface area is 401 Å². The second-order valence-corrected chi connectivity index (χ2v) is 17.8. The molecule has 6 heteroatoms. The van der Waals surface area contributed by atoms with Gasteiger partial charge in [-0.3, -0.25) is 14.4 Å². The molecule has 0 spiro atoms. The zero-order valence-corrected chi connectivity index (χ0v) is 42.5. The molecular weight excluding hydrogens is 805 g/mol. The van der Waals surface area contributed by atoms with Gasteiger partial charge in [0.2, 0.25) is 0 Å². The van der Waals surface area contributed by atoms with E-state index in [9.17, 15) is 14.4 Å². The first-order chi connectivity index (χ1) is 32.0. The lowest BCUT2D eigenvalue weighted by Crippen LogP contribution is -2.30. The van der Waals surface area contributed by atoms with Crippen LogP contribution in [0.2, 0.25) is 0 Å². The number of allylic oxidation sites excluding steroid dienone is 14. The van der Waals surface area contributed by atoms with Gasteiger partial charge in [-0.1, -0.05) is 202 Å². The van der Waals surface area contributed by atoms with Crippen molar-refractivity contribution in [3.8, 4) is 0 Å². The molecule has 0 N–H and O–H groups in total. The van der Waals surface area contributed by atoms with E-state index in [0.29, 0.717) is 19.3 Å². The predicted molar refractivity (Wildman–Crippen MR) is 279 cm³/mol. The van der Waals surface area contributed by atoms with Crippen LogP contribution in [-0.2, 0) is 28.6 Å². The summed E-state index contributed by atoms with van der Waals surface area (Å²) in [5.41, 5.74) is 0. The summed E-state index contributed by atoms with van der Waals surface area (Å²) in [6, 6.07) is 0. The molecule has 0 fully saturated rings. The summed E-state index contributed by atoms with van der Waals surface area (Å²) in [5, 5.41) is 0. The molecule has 0 amide bonds. The normalized spacial score (nSPS) is 12.7. The number of hydrogen-bond donors (Lipinski definition) is 0. The van der Waals surface area contributed by atoms with E-state index in [1.165, 1.54) is 103 Å². The van der Waals surface area contributed by atoms with Gasteiger partial charge in [0, 0.05) is 19.3 Å². The molecule has 372 valence electrons. The Hall–Kier alpha value is -3.41. The highest BCUT2D eigenvalue weighted by Crippen LogP contribution is 2.13.